The Bertz CT molecular complexity index is 525. The van der Waals surface area contributed by atoms with Gasteiger partial charge in [0.2, 0.25) is 0 Å². The van der Waals surface area contributed by atoms with E-state index in [1.807, 2.05) is 0 Å². The highest BCUT2D eigenvalue weighted by Crippen LogP contribution is 2.40. The van der Waals surface area contributed by atoms with Crippen molar-refractivity contribution >= 4 is 0 Å². The van der Waals surface area contributed by atoms with Gasteiger partial charge in [-0.3, -0.25) is 0 Å². The predicted octanol–water partition coefficient (Wildman–Crippen LogP) is 3.79. The van der Waals surface area contributed by atoms with Crippen molar-refractivity contribution in [3.63, 3.8) is 0 Å². The molecule has 0 amide bonds. The Balaban J connectivity index is 1.61. The van der Waals surface area contributed by atoms with Crippen LogP contribution in [0.1, 0.15) is 36.9 Å². The minimum Gasteiger partial charge on any atom is -0.354 e. The quantitative estimate of drug-likeness (QED) is 0.808. The van der Waals surface area contributed by atoms with E-state index in [0.29, 0.717) is 6.04 Å². The van der Waals surface area contributed by atoms with Crippen LogP contribution in [-0.4, -0.2) is 11.1 Å². The van der Waals surface area contributed by atoms with Gasteiger partial charge < -0.3 is 9.88 Å². The average Bonchev–Trinajstić information content (AvgIpc) is 3.22. The molecule has 1 heterocycles. The summed E-state index contributed by atoms with van der Waals surface area (Å²) in [4.78, 5) is 0. The van der Waals surface area contributed by atoms with Crippen LogP contribution in [0.3, 0.4) is 0 Å². The summed E-state index contributed by atoms with van der Waals surface area (Å²) in [6, 6.07) is 13.6. The molecule has 1 aliphatic rings. The van der Waals surface area contributed by atoms with Crippen LogP contribution >= 0.6 is 0 Å². The van der Waals surface area contributed by atoms with Crippen LogP contribution in [0.5, 0.6) is 0 Å². The van der Waals surface area contributed by atoms with Gasteiger partial charge in [0.15, 0.2) is 0 Å². The minimum absolute atomic E-state index is 0.568. The van der Waals surface area contributed by atoms with E-state index in [0.717, 1.165) is 25.4 Å². The van der Waals surface area contributed by atoms with Gasteiger partial charge in [0, 0.05) is 25.0 Å². The van der Waals surface area contributed by atoms with Gasteiger partial charge in [0.25, 0.3) is 0 Å². The first-order valence-electron chi connectivity index (χ1n) is 7.80. The molecule has 1 aromatic heterocycles. The molecular weight excluding hydrogens is 244 g/mol. The van der Waals surface area contributed by atoms with E-state index in [1.165, 1.54) is 24.0 Å². The third-order valence-corrected chi connectivity index (χ3v) is 4.15. The summed E-state index contributed by atoms with van der Waals surface area (Å²) < 4.78 is 2.33. The van der Waals surface area contributed by atoms with Crippen molar-refractivity contribution in [2.45, 2.75) is 38.8 Å². The lowest BCUT2D eigenvalue weighted by Crippen LogP contribution is -2.22. The maximum Gasteiger partial charge on any atom is 0.0363 e. The summed E-state index contributed by atoms with van der Waals surface area (Å²) in [6.45, 7) is 4.31. The van der Waals surface area contributed by atoms with Gasteiger partial charge in [-0.25, -0.2) is 0 Å². The number of aryl methyl sites for hydroxylation is 2. The van der Waals surface area contributed by atoms with Crippen molar-refractivity contribution in [1.82, 2.24) is 9.88 Å². The standard InChI is InChI=1S/C18H24N2/c1-2-19-18(16-8-9-16)17-11-13-20(14-17)12-10-15-6-4-3-5-7-15/h3-7,11,13-14,16,18-19H,2,8-10,12H2,1H3. The van der Waals surface area contributed by atoms with Crippen LogP contribution in [-0.2, 0) is 13.0 Å². The lowest BCUT2D eigenvalue weighted by molar-refractivity contribution is 0.495. The second-order valence-electron chi connectivity index (χ2n) is 5.79. The zero-order valence-corrected chi connectivity index (χ0v) is 12.3. The summed E-state index contributed by atoms with van der Waals surface area (Å²) in [5, 5.41) is 3.63. The third-order valence-electron chi connectivity index (χ3n) is 4.15. The van der Waals surface area contributed by atoms with Crippen molar-refractivity contribution in [1.29, 1.82) is 0 Å². The molecule has 1 atom stereocenters. The number of nitrogens with one attached hydrogen (secondary N) is 1. The van der Waals surface area contributed by atoms with E-state index in [4.69, 9.17) is 0 Å². The first-order valence-corrected chi connectivity index (χ1v) is 7.80. The molecule has 3 rings (SSSR count). The Labute approximate surface area is 121 Å². The fourth-order valence-corrected chi connectivity index (χ4v) is 2.89. The number of nitrogens with zero attached hydrogens (tertiary/aromatic N) is 1. The zero-order valence-electron chi connectivity index (χ0n) is 12.3. The van der Waals surface area contributed by atoms with Crippen molar-refractivity contribution in [3.8, 4) is 0 Å². The SMILES string of the molecule is CCNC(c1ccn(CCc2ccccc2)c1)C1CC1. The van der Waals surface area contributed by atoms with Crippen molar-refractivity contribution in [2.75, 3.05) is 6.54 Å². The topological polar surface area (TPSA) is 17.0 Å². The summed E-state index contributed by atoms with van der Waals surface area (Å²) in [6.07, 6.45) is 8.42. The average molecular weight is 268 g/mol. The highest BCUT2D eigenvalue weighted by Gasteiger charge is 2.31. The van der Waals surface area contributed by atoms with Crippen molar-refractivity contribution in [3.05, 3.63) is 59.9 Å². The molecule has 1 unspecified atom stereocenters. The van der Waals surface area contributed by atoms with Crippen LogP contribution in [0.25, 0.3) is 0 Å². The van der Waals surface area contributed by atoms with Crippen LogP contribution in [0, 0.1) is 5.92 Å². The maximum atomic E-state index is 3.63. The molecule has 1 saturated carbocycles. The van der Waals surface area contributed by atoms with E-state index < -0.39 is 0 Å². The van der Waals surface area contributed by atoms with Gasteiger partial charge in [-0.15, -0.1) is 0 Å². The van der Waals surface area contributed by atoms with E-state index in [9.17, 15) is 0 Å². The third kappa shape index (κ3) is 3.31. The molecule has 0 spiro atoms. The monoisotopic (exact) mass is 268 g/mol. The molecular formula is C18H24N2. The summed E-state index contributed by atoms with van der Waals surface area (Å²) in [5.41, 5.74) is 2.87. The Kier molecular flexibility index (Phi) is 4.22. The Morgan fingerprint density at radius 3 is 2.70 bits per heavy atom. The largest absolute Gasteiger partial charge is 0.354 e. The fraction of sp³-hybridized carbons (Fsp3) is 0.444. The first-order chi connectivity index (χ1) is 9.86. The highest BCUT2D eigenvalue weighted by molar-refractivity contribution is 5.19. The van der Waals surface area contributed by atoms with E-state index in [-0.39, 0.29) is 0 Å². The van der Waals surface area contributed by atoms with Crippen molar-refractivity contribution < 1.29 is 0 Å². The van der Waals surface area contributed by atoms with Gasteiger partial charge in [-0.05, 0) is 48.9 Å². The molecule has 0 radical (unpaired) electrons. The van der Waals surface area contributed by atoms with Gasteiger partial charge in [0.1, 0.15) is 0 Å². The van der Waals surface area contributed by atoms with Gasteiger partial charge in [-0.1, -0.05) is 37.3 Å². The normalized spacial score (nSPS) is 16.2. The summed E-state index contributed by atoms with van der Waals surface area (Å²) >= 11 is 0. The summed E-state index contributed by atoms with van der Waals surface area (Å²) in [5.74, 6) is 0.861. The number of hydrogen-bond acceptors (Lipinski definition) is 1. The van der Waals surface area contributed by atoms with Crippen LogP contribution in [0.2, 0.25) is 0 Å². The first kappa shape index (κ1) is 13.4. The second kappa shape index (κ2) is 6.27. The molecule has 2 nitrogen and oxygen atoms in total. The second-order valence-corrected chi connectivity index (χ2v) is 5.79. The van der Waals surface area contributed by atoms with E-state index in [1.54, 1.807) is 0 Å². The molecule has 1 fully saturated rings. The molecule has 0 aliphatic heterocycles. The Morgan fingerprint density at radius 1 is 1.20 bits per heavy atom. The number of rotatable bonds is 7. The lowest BCUT2D eigenvalue weighted by atomic mass is 10.1. The molecule has 1 aliphatic carbocycles. The molecule has 1 aromatic carbocycles. The Morgan fingerprint density at radius 2 is 2.00 bits per heavy atom. The molecule has 2 heteroatoms. The van der Waals surface area contributed by atoms with Crippen LogP contribution < -0.4 is 5.32 Å². The molecule has 106 valence electrons. The van der Waals surface area contributed by atoms with E-state index >= 15 is 0 Å². The molecule has 2 aromatic rings. The maximum absolute atomic E-state index is 3.63. The number of hydrogen-bond donors (Lipinski definition) is 1. The number of aromatic nitrogens is 1. The van der Waals surface area contributed by atoms with Crippen LogP contribution in [0.4, 0.5) is 0 Å². The van der Waals surface area contributed by atoms with Gasteiger partial charge in [-0.2, -0.15) is 0 Å². The summed E-state index contributed by atoms with van der Waals surface area (Å²) in [7, 11) is 0. The predicted molar refractivity (Wildman–Crippen MR) is 83.7 cm³/mol. The van der Waals surface area contributed by atoms with Crippen molar-refractivity contribution in [2.24, 2.45) is 5.92 Å². The minimum atomic E-state index is 0.568. The molecule has 20 heavy (non-hydrogen) atoms. The lowest BCUT2D eigenvalue weighted by Gasteiger charge is -2.15. The highest BCUT2D eigenvalue weighted by atomic mass is 15.0. The smallest absolute Gasteiger partial charge is 0.0363 e. The molecule has 1 N–H and O–H groups in total. The van der Waals surface area contributed by atoms with Gasteiger partial charge in [0.05, 0.1) is 0 Å². The molecule has 0 saturated heterocycles. The van der Waals surface area contributed by atoms with Gasteiger partial charge >= 0.3 is 0 Å². The fourth-order valence-electron chi connectivity index (χ4n) is 2.89. The molecule has 0 bridgehead atoms. The Hall–Kier alpha value is -1.54. The number of benzene rings is 1. The van der Waals surface area contributed by atoms with Crippen LogP contribution in [0.15, 0.2) is 48.8 Å². The van der Waals surface area contributed by atoms with E-state index in [2.05, 4.69) is 65.6 Å². The zero-order chi connectivity index (χ0) is 13.8.